The SMILES string of the molecule is COc1ccc(CC(N)c2cc(Br)ccc2F)cc1Br. The van der Waals surface area contributed by atoms with Gasteiger partial charge in [-0.1, -0.05) is 22.0 Å². The first kappa shape index (κ1) is 15.5. The third-order valence-electron chi connectivity index (χ3n) is 3.03. The number of halogens is 3. The minimum atomic E-state index is -0.396. The van der Waals surface area contributed by atoms with Crippen molar-refractivity contribution in [1.29, 1.82) is 0 Å². The van der Waals surface area contributed by atoms with Crippen LogP contribution in [0.4, 0.5) is 4.39 Å². The molecular weight excluding hydrogens is 389 g/mol. The number of nitrogens with two attached hydrogens (primary N) is 1. The fraction of sp³-hybridized carbons (Fsp3) is 0.200. The van der Waals surface area contributed by atoms with Gasteiger partial charge in [0.15, 0.2) is 0 Å². The smallest absolute Gasteiger partial charge is 0.133 e. The molecule has 0 saturated carbocycles. The highest BCUT2D eigenvalue weighted by Gasteiger charge is 2.13. The second kappa shape index (κ2) is 6.70. The van der Waals surface area contributed by atoms with Crippen LogP contribution in [-0.2, 0) is 6.42 Å². The zero-order valence-corrected chi connectivity index (χ0v) is 14.0. The van der Waals surface area contributed by atoms with Gasteiger partial charge in [-0.05, 0) is 58.2 Å². The van der Waals surface area contributed by atoms with Crippen LogP contribution in [-0.4, -0.2) is 7.11 Å². The zero-order valence-electron chi connectivity index (χ0n) is 10.9. The van der Waals surface area contributed by atoms with E-state index in [9.17, 15) is 4.39 Å². The van der Waals surface area contributed by atoms with Crippen molar-refractivity contribution in [2.45, 2.75) is 12.5 Å². The largest absolute Gasteiger partial charge is 0.496 e. The first-order valence-corrected chi connectivity index (χ1v) is 7.63. The third kappa shape index (κ3) is 3.59. The highest BCUT2D eigenvalue weighted by Crippen LogP contribution is 2.28. The van der Waals surface area contributed by atoms with Crippen molar-refractivity contribution in [2.75, 3.05) is 7.11 Å². The molecule has 2 nitrogen and oxygen atoms in total. The number of hydrogen-bond donors (Lipinski definition) is 1. The molecule has 0 saturated heterocycles. The molecule has 0 aliphatic rings. The molecule has 0 amide bonds. The summed E-state index contributed by atoms with van der Waals surface area (Å²) < 4.78 is 20.7. The Morgan fingerprint density at radius 2 is 1.95 bits per heavy atom. The van der Waals surface area contributed by atoms with E-state index in [4.69, 9.17) is 10.5 Å². The van der Waals surface area contributed by atoms with E-state index in [0.29, 0.717) is 12.0 Å². The molecule has 0 bridgehead atoms. The van der Waals surface area contributed by atoms with Crippen molar-refractivity contribution in [3.05, 3.63) is 62.3 Å². The third-order valence-corrected chi connectivity index (χ3v) is 4.14. The van der Waals surface area contributed by atoms with Crippen LogP contribution in [0.3, 0.4) is 0 Å². The Morgan fingerprint density at radius 3 is 2.60 bits per heavy atom. The molecule has 0 spiro atoms. The van der Waals surface area contributed by atoms with E-state index in [1.165, 1.54) is 6.07 Å². The molecule has 0 aromatic heterocycles. The Balaban J connectivity index is 2.21. The van der Waals surface area contributed by atoms with E-state index < -0.39 is 6.04 Å². The number of rotatable bonds is 4. The molecule has 2 rings (SSSR count). The maximum atomic E-state index is 13.8. The topological polar surface area (TPSA) is 35.2 Å². The summed E-state index contributed by atoms with van der Waals surface area (Å²) in [6.07, 6.45) is 0.552. The fourth-order valence-corrected chi connectivity index (χ4v) is 2.97. The minimum Gasteiger partial charge on any atom is -0.496 e. The van der Waals surface area contributed by atoms with Crippen molar-refractivity contribution in [2.24, 2.45) is 5.73 Å². The normalized spacial score (nSPS) is 12.2. The van der Waals surface area contributed by atoms with Gasteiger partial charge in [0.1, 0.15) is 11.6 Å². The Morgan fingerprint density at radius 1 is 1.20 bits per heavy atom. The van der Waals surface area contributed by atoms with E-state index in [0.717, 1.165) is 20.3 Å². The lowest BCUT2D eigenvalue weighted by atomic mass is 9.99. The molecule has 0 aliphatic heterocycles. The summed E-state index contributed by atoms with van der Waals surface area (Å²) in [5.41, 5.74) is 7.63. The lowest BCUT2D eigenvalue weighted by Gasteiger charge is -2.14. The van der Waals surface area contributed by atoms with Gasteiger partial charge in [-0.15, -0.1) is 0 Å². The van der Waals surface area contributed by atoms with Gasteiger partial charge in [-0.25, -0.2) is 4.39 Å². The van der Waals surface area contributed by atoms with Crippen LogP contribution in [0.15, 0.2) is 45.3 Å². The van der Waals surface area contributed by atoms with Crippen molar-refractivity contribution in [1.82, 2.24) is 0 Å². The van der Waals surface area contributed by atoms with E-state index in [1.807, 2.05) is 18.2 Å². The van der Waals surface area contributed by atoms with Crippen molar-refractivity contribution in [3.8, 4) is 5.75 Å². The van der Waals surface area contributed by atoms with Gasteiger partial charge in [0.2, 0.25) is 0 Å². The van der Waals surface area contributed by atoms with Gasteiger partial charge in [-0.2, -0.15) is 0 Å². The van der Waals surface area contributed by atoms with Crippen LogP contribution in [0.1, 0.15) is 17.2 Å². The van der Waals surface area contributed by atoms with Crippen LogP contribution < -0.4 is 10.5 Å². The van der Waals surface area contributed by atoms with Gasteiger partial charge in [0, 0.05) is 16.1 Å². The second-order valence-electron chi connectivity index (χ2n) is 4.45. The molecule has 0 fully saturated rings. The van der Waals surface area contributed by atoms with E-state index in [-0.39, 0.29) is 5.82 Å². The summed E-state index contributed by atoms with van der Waals surface area (Å²) >= 11 is 6.77. The van der Waals surface area contributed by atoms with Crippen LogP contribution in [0.5, 0.6) is 5.75 Å². The summed E-state index contributed by atoms with van der Waals surface area (Å²) in [6.45, 7) is 0. The number of benzene rings is 2. The molecule has 0 aliphatic carbocycles. The Labute approximate surface area is 134 Å². The summed E-state index contributed by atoms with van der Waals surface area (Å²) in [5.74, 6) is 0.476. The summed E-state index contributed by atoms with van der Waals surface area (Å²) in [6, 6.07) is 10.1. The van der Waals surface area contributed by atoms with Crippen molar-refractivity contribution < 1.29 is 9.13 Å². The molecule has 5 heteroatoms. The maximum absolute atomic E-state index is 13.8. The van der Waals surface area contributed by atoms with Gasteiger partial charge < -0.3 is 10.5 Å². The monoisotopic (exact) mass is 401 g/mol. The predicted octanol–water partition coefficient (Wildman–Crippen LogP) is 4.60. The molecule has 2 N–H and O–H groups in total. The van der Waals surface area contributed by atoms with Crippen LogP contribution in [0.2, 0.25) is 0 Å². The molecule has 106 valence electrons. The number of hydrogen-bond acceptors (Lipinski definition) is 2. The van der Waals surface area contributed by atoms with E-state index in [2.05, 4.69) is 31.9 Å². The van der Waals surface area contributed by atoms with E-state index in [1.54, 1.807) is 19.2 Å². The van der Waals surface area contributed by atoms with Gasteiger partial charge in [0.25, 0.3) is 0 Å². The summed E-state index contributed by atoms with van der Waals surface area (Å²) in [7, 11) is 1.61. The standard InChI is InChI=1S/C15H14Br2FNO/c1-20-15-5-2-9(6-12(15)17)7-14(19)11-8-10(16)3-4-13(11)18/h2-6,8,14H,7,19H2,1H3. The first-order valence-electron chi connectivity index (χ1n) is 6.04. The van der Waals surface area contributed by atoms with E-state index >= 15 is 0 Å². The highest BCUT2D eigenvalue weighted by molar-refractivity contribution is 9.10. The Kier molecular flexibility index (Phi) is 5.18. The van der Waals surface area contributed by atoms with Crippen LogP contribution >= 0.6 is 31.9 Å². The molecule has 20 heavy (non-hydrogen) atoms. The molecule has 1 unspecified atom stereocenters. The van der Waals surface area contributed by atoms with Gasteiger partial charge in [-0.3, -0.25) is 0 Å². The van der Waals surface area contributed by atoms with Crippen LogP contribution in [0.25, 0.3) is 0 Å². The number of methoxy groups -OCH3 is 1. The molecule has 2 aromatic carbocycles. The molecular formula is C15H14Br2FNO. The summed E-state index contributed by atoms with van der Waals surface area (Å²) in [5, 5.41) is 0. The van der Waals surface area contributed by atoms with Crippen LogP contribution in [0, 0.1) is 5.82 Å². The summed E-state index contributed by atoms with van der Waals surface area (Å²) in [4.78, 5) is 0. The molecule has 0 radical (unpaired) electrons. The number of ether oxygens (including phenoxy) is 1. The highest BCUT2D eigenvalue weighted by atomic mass is 79.9. The molecule has 0 heterocycles. The molecule has 2 aromatic rings. The average Bonchev–Trinajstić information content (AvgIpc) is 2.41. The first-order chi connectivity index (χ1) is 9.51. The minimum absolute atomic E-state index is 0.284. The zero-order chi connectivity index (χ0) is 14.7. The van der Waals surface area contributed by atoms with Gasteiger partial charge in [0.05, 0.1) is 11.6 Å². The Bertz CT molecular complexity index is 619. The van der Waals surface area contributed by atoms with Crippen molar-refractivity contribution in [3.63, 3.8) is 0 Å². The Hall–Kier alpha value is -0.910. The average molecular weight is 403 g/mol. The second-order valence-corrected chi connectivity index (χ2v) is 6.22. The maximum Gasteiger partial charge on any atom is 0.133 e. The molecule has 1 atom stereocenters. The fourth-order valence-electron chi connectivity index (χ4n) is 2.00. The lowest BCUT2D eigenvalue weighted by Crippen LogP contribution is -2.15. The van der Waals surface area contributed by atoms with Crippen molar-refractivity contribution >= 4 is 31.9 Å². The van der Waals surface area contributed by atoms with Gasteiger partial charge >= 0.3 is 0 Å². The predicted molar refractivity (Wildman–Crippen MR) is 85.4 cm³/mol. The quantitative estimate of drug-likeness (QED) is 0.810. The lowest BCUT2D eigenvalue weighted by molar-refractivity contribution is 0.412.